The van der Waals surface area contributed by atoms with E-state index in [0.29, 0.717) is 6.04 Å². The second-order valence-corrected chi connectivity index (χ2v) is 7.93. The van der Waals surface area contributed by atoms with Crippen LogP contribution in [0, 0.1) is 6.92 Å². The Bertz CT molecular complexity index is 749. The minimum absolute atomic E-state index is 0. The van der Waals surface area contributed by atoms with Crippen molar-refractivity contribution in [1.82, 2.24) is 10.6 Å². The molecule has 1 unspecified atom stereocenters. The molecule has 28 heavy (non-hydrogen) atoms. The summed E-state index contributed by atoms with van der Waals surface area (Å²) >= 11 is 1.86. The Morgan fingerprint density at radius 1 is 1.14 bits per heavy atom. The smallest absolute Gasteiger partial charge is 0.191 e. The van der Waals surface area contributed by atoms with Gasteiger partial charge in [0, 0.05) is 35.8 Å². The number of halogens is 1. The van der Waals surface area contributed by atoms with Gasteiger partial charge in [0.1, 0.15) is 0 Å². The molecule has 1 heterocycles. The summed E-state index contributed by atoms with van der Waals surface area (Å²) in [6.07, 6.45) is 2.98. The minimum atomic E-state index is 0. The molecule has 1 aromatic carbocycles. The molecule has 2 N–H and O–H groups in total. The molecular formula is C21H32IN3O2S. The lowest BCUT2D eigenvalue weighted by atomic mass is 10.1. The zero-order valence-electron chi connectivity index (χ0n) is 17.4. The van der Waals surface area contributed by atoms with Crippen molar-refractivity contribution >= 4 is 41.3 Å². The molecule has 2 aromatic rings. The van der Waals surface area contributed by atoms with Crippen LogP contribution in [-0.2, 0) is 12.8 Å². The standard InChI is InChI=1S/C21H31N3O2S.HI/c1-15(13-18-10-8-16(2)27-18)24-21(22-3)23-12-6-7-17-9-11-19(25-4)20(14-17)26-5;/h8-11,14-15H,6-7,12-13H2,1-5H3,(H2,22,23,24);1H. The van der Waals surface area contributed by atoms with Crippen molar-refractivity contribution < 1.29 is 9.47 Å². The number of methoxy groups -OCH3 is 2. The highest BCUT2D eigenvalue weighted by molar-refractivity contribution is 14.0. The molecule has 0 aliphatic heterocycles. The quantitative estimate of drug-likeness (QED) is 0.224. The third kappa shape index (κ3) is 7.87. The van der Waals surface area contributed by atoms with Gasteiger partial charge in [-0.05, 0) is 56.5 Å². The molecule has 0 bridgehead atoms. The van der Waals surface area contributed by atoms with Crippen molar-refractivity contribution in [2.45, 2.75) is 39.2 Å². The van der Waals surface area contributed by atoms with Crippen molar-refractivity contribution in [2.75, 3.05) is 27.8 Å². The molecule has 0 radical (unpaired) electrons. The number of aliphatic imine (C=N–C) groups is 1. The van der Waals surface area contributed by atoms with Crippen molar-refractivity contribution in [3.05, 3.63) is 45.6 Å². The predicted molar refractivity (Wildman–Crippen MR) is 130 cm³/mol. The van der Waals surface area contributed by atoms with E-state index in [1.54, 1.807) is 14.2 Å². The van der Waals surface area contributed by atoms with Gasteiger partial charge in [-0.2, -0.15) is 0 Å². The van der Waals surface area contributed by atoms with Crippen LogP contribution < -0.4 is 20.1 Å². The molecule has 2 rings (SSSR count). The van der Waals surface area contributed by atoms with E-state index in [1.165, 1.54) is 15.3 Å². The van der Waals surface area contributed by atoms with E-state index >= 15 is 0 Å². The van der Waals surface area contributed by atoms with Gasteiger partial charge in [-0.1, -0.05) is 6.07 Å². The normalized spacial score (nSPS) is 12.1. The SMILES string of the molecule is CN=C(NCCCc1ccc(OC)c(OC)c1)NC(C)Cc1ccc(C)s1.I. The molecule has 1 atom stereocenters. The predicted octanol–water partition coefficient (Wildman–Crippen LogP) is 4.42. The van der Waals surface area contributed by atoms with E-state index in [-0.39, 0.29) is 24.0 Å². The maximum Gasteiger partial charge on any atom is 0.191 e. The van der Waals surface area contributed by atoms with Gasteiger partial charge >= 0.3 is 0 Å². The van der Waals surface area contributed by atoms with E-state index in [9.17, 15) is 0 Å². The summed E-state index contributed by atoms with van der Waals surface area (Å²) in [6, 6.07) is 10.8. The van der Waals surface area contributed by atoms with E-state index in [4.69, 9.17) is 9.47 Å². The number of benzene rings is 1. The van der Waals surface area contributed by atoms with E-state index in [1.807, 2.05) is 30.5 Å². The molecule has 7 heteroatoms. The van der Waals surface area contributed by atoms with Gasteiger partial charge in [-0.3, -0.25) is 4.99 Å². The van der Waals surface area contributed by atoms with Crippen LogP contribution in [-0.4, -0.2) is 39.8 Å². The molecule has 1 aromatic heterocycles. The molecule has 0 aliphatic carbocycles. The molecular weight excluding hydrogens is 485 g/mol. The molecule has 0 amide bonds. The second kappa shape index (κ2) is 12.9. The van der Waals surface area contributed by atoms with Crippen LogP contribution in [0.2, 0.25) is 0 Å². The zero-order valence-corrected chi connectivity index (χ0v) is 20.5. The van der Waals surface area contributed by atoms with Crippen LogP contribution in [0.25, 0.3) is 0 Å². The molecule has 0 saturated heterocycles. The Balaban J connectivity index is 0.00000392. The topological polar surface area (TPSA) is 54.9 Å². The fourth-order valence-electron chi connectivity index (χ4n) is 2.91. The molecule has 156 valence electrons. The third-order valence-electron chi connectivity index (χ3n) is 4.29. The lowest BCUT2D eigenvalue weighted by molar-refractivity contribution is 0.354. The largest absolute Gasteiger partial charge is 0.493 e. The first kappa shape index (κ1) is 24.6. The van der Waals surface area contributed by atoms with Crippen LogP contribution in [0.5, 0.6) is 11.5 Å². The van der Waals surface area contributed by atoms with Gasteiger partial charge in [0.25, 0.3) is 0 Å². The summed E-state index contributed by atoms with van der Waals surface area (Å²) in [5, 5.41) is 6.86. The number of thiophene rings is 1. The zero-order chi connectivity index (χ0) is 19.6. The number of ether oxygens (including phenoxy) is 2. The molecule has 0 fully saturated rings. The van der Waals surface area contributed by atoms with Crippen LogP contribution in [0.1, 0.15) is 28.7 Å². The van der Waals surface area contributed by atoms with Gasteiger partial charge < -0.3 is 20.1 Å². The number of nitrogens with one attached hydrogen (secondary N) is 2. The Morgan fingerprint density at radius 2 is 1.89 bits per heavy atom. The van der Waals surface area contributed by atoms with Crippen molar-refractivity contribution in [3.63, 3.8) is 0 Å². The lowest BCUT2D eigenvalue weighted by Gasteiger charge is -2.17. The number of guanidine groups is 1. The maximum atomic E-state index is 5.36. The Kier molecular flexibility index (Phi) is 11.3. The molecule has 0 saturated carbocycles. The highest BCUT2D eigenvalue weighted by atomic mass is 127. The minimum Gasteiger partial charge on any atom is -0.493 e. The summed E-state index contributed by atoms with van der Waals surface area (Å²) < 4.78 is 10.6. The number of aryl methyl sites for hydroxylation is 2. The van der Waals surface area contributed by atoms with Crippen molar-refractivity contribution in [3.8, 4) is 11.5 Å². The first-order valence-electron chi connectivity index (χ1n) is 9.29. The van der Waals surface area contributed by atoms with Crippen LogP contribution in [0.3, 0.4) is 0 Å². The first-order valence-corrected chi connectivity index (χ1v) is 10.1. The first-order chi connectivity index (χ1) is 13.0. The monoisotopic (exact) mass is 517 g/mol. The van der Waals surface area contributed by atoms with E-state index in [2.05, 4.69) is 47.7 Å². The molecule has 0 aliphatic rings. The average Bonchev–Trinajstić information content (AvgIpc) is 3.08. The fourth-order valence-corrected chi connectivity index (χ4v) is 3.93. The highest BCUT2D eigenvalue weighted by Gasteiger charge is 2.08. The van der Waals surface area contributed by atoms with Crippen LogP contribution in [0.4, 0.5) is 0 Å². The van der Waals surface area contributed by atoms with Gasteiger partial charge in [-0.15, -0.1) is 35.3 Å². The average molecular weight is 517 g/mol. The van der Waals surface area contributed by atoms with Gasteiger partial charge in [0.05, 0.1) is 14.2 Å². The highest BCUT2D eigenvalue weighted by Crippen LogP contribution is 2.27. The third-order valence-corrected chi connectivity index (χ3v) is 5.32. The number of rotatable bonds is 9. The van der Waals surface area contributed by atoms with Crippen LogP contribution in [0.15, 0.2) is 35.3 Å². The van der Waals surface area contributed by atoms with Gasteiger partial charge in [0.15, 0.2) is 17.5 Å². The number of hydrogen-bond donors (Lipinski definition) is 2. The summed E-state index contributed by atoms with van der Waals surface area (Å²) in [7, 11) is 5.13. The van der Waals surface area contributed by atoms with E-state index in [0.717, 1.165) is 43.3 Å². The summed E-state index contributed by atoms with van der Waals surface area (Å²) in [4.78, 5) is 7.09. The van der Waals surface area contributed by atoms with Gasteiger partial charge in [0.2, 0.25) is 0 Å². The van der Waals surface area contributed by atoms with Crippen molar-refractivity contribution in [2.24, 2.45) is 4.99 Å². The Hall–Kier alpha value is -1.48. The molecule has 0 spiro atoms. The lowest BCUT2D eigenvalue weighted by Crippen LogP contribution is -2.43. The summed E-state index contributed by atoms with van der Waals surface area (Å²) in [6.45, 7) is 5.19. The summed E-state index contributed by atoms with van der Waals surface area (Å²) in [5.41, 5.74) is 1.24. The Labute approximate surface area is 190 Å². The maximum absolute atomic E-state index is 5.36. The second-order valence-electron chi connectivity index (χ2n) is 6.55. The van der Waals surface area contributed by atoms with Crippen LogP contribution >= 0.6 is 35.3 Å². The van der Waals surface area contributed by atoms with Gasteiger partial charge in [-0.25, -0.2) is 0 Å². The van der Waals surface area contributed by atoms with Crippen molar-refractivity contribution in [1.29, 1.82) is 0 Å². The fraction of sp³-hybridized carbons (Fsp3) is 0.476. The van der Waals surface area contributed by atoms with E-state index < -0.39 is 0 Å². The number of hydrogen-bond acceptors (Lipinski definition) is 4. The summed E-state index contributed by atoms with van der Waals surface area (Å²) in [5.74, 6) is 2.39. The molecule has 5 nitrogen and oxygen atoms in total. The Morgan fingerprint density at radius 3 is 2.50 bits per heavy atom. The number of nitrogens with zero attached hydrogens (tertiary/aromatic N) is 1.